The predicted octanol–water partition coefficient (Wildman–Crippen LogP) is 5.37. The average Bonchev–Trinajstić information content (AvgIpc) is 2.47. The van der Waals surface area contributed by atoms with Crippen molar-refractivity contribution in [1.29, 1.82) is 0 Å². The summed E-state index contributed by atoms with van der Waals surface area (Å²) >= 11 is 0. The third-order valence-electron chi connectivity index (χ3n) is 3.60. The number of carbonyl (C=O) groups is 1. The second-order valence-corrected chi connectivity index (χ2v) is 5.55. The van der Waals surface area contributed by atoms with Crippen molar-refractivity contribution in [2.24, 2.45) is 5.92 Å². The number of hydrogen-bond donors (Lipinski definition) is 0. The summed E-state index contributed by atoms with van der Waals surface area (Å²) in [4.78, 5) is 11.9. The zero-order valence-corrected chi connectivity index (χ0v) is 12.9. The van der Waals surface area contributed by atoms with Crippen molar-refractivity contribution in [2.45, 2.75) is 65.2 Å². The second-order valence-electron chi connectivity index (χ2n) is 5.55. The largest absolute Gasteiger partial charge is 0.426 e. The molecule has 1 rings (SSSR count). The van der Waals surface area contributed by atoms with Crippen molar-refractivity contribution in [1.82, 2.24) is 0 Å². The minimum atomic E-state index is -0.109. The van der Waals surface area contributed by atoms with Crippen LogP contribution < -0.4 is 4.74 Å². The van der Waals surface area contributed by atoms with E-state index in [-0.39, 0.29) is 11.9 Å². The predicted molar refractivity (Wildman–Crippen MR) is 83.9 cm³/mol. The van der Waals surface area contributed by atoms with Gasteiger partial charge in [0.2, 0.25) is 0 Å². The normalized spacial score (nSPS) is 12.1. The van der Waals surface area contributed by atoms with Gasteiger partial charge in [-0.1, -0.05) is 77.0 Å². The standard InChI is InChI=1S/C18H28O2/c1-3-4-5-6-7-8-10-13-16(2)18(19)20-17-14-11-9-12-15-17/h9,11-12,14-16H,3-8,10,13H2,1-2H3. The Morgan fingerprint density at radius 3 is 2.25 bits per heavy atom. The van der Waals surface area contributed by atoms with E-state index in [0.29, 0.717) is 5.75 Å². The van der Waals surface area contributed by atoms with Crippen LogP contribution in [0.4, 0.5) is 0 Å². The first-order valence-corrected chi connectivity index (χ1v) is 8.00. The fourth-order valence-corrected chi connectivity index (χ4v) is 2.23. The fraction of sp³-hybridized carbons (Fsp3) is 0.611. The van der Waals surface area contributed by atoms with Crippen molar-refractivity contribution in [3.05, 3.63) is 30.3 Å². The molecule has 0 fully saturated rings. The number of esters is 1. The van der Waals surface area contributed by atoms with E-state index in [9.17, 15) is 4.79 Å². The molecule has 2 heteroatoms. The maximum absolute atomic E-state index is 11.9. The highest BCUT2D eigenvalue weighted by Crippen LogP contribution is 2.16. The number of rotatable bonds is 10. The Hall–Kier alpha value is -1.31. The molecule has 20 heavy (non-hydrogen) atoms. The van der Waals surface area contributed by atoms with Gasteiger partial charge in [-0.3, -0.25) is 4.79 Å². The fourth-order valence-electron chi connectivity index (χ4n) is 2.23. The van der Waals surface area contributed by atoms with E-state index in [1.165, 1.54) is 38.5 Å². The summed E-state index contributed by atoms with van der Waals surface area (Å²) < 4.78 is 5.35. The Balaban J connectivity index is 2.10. The van der Waals surface area contributed by atoms with E-state index in [0.717, 1.165) is 12.8 Å². The molecule has 2 nitrogen and oxygen atoms in total. The molecule has 0 bridgehead atoms. The van der Waals surface area contributed by atoms with E-state index in [2.05, 4.69) is 6.92 Å². The lowest BCUT2D eigenvalue weighted by Gasteiger charge is -2.11. The van der Waals surface area contributed by atoms with Crippen molar-refractivity contribution in [3.8, 4) is 5.75 Å². The first kappa shape index (κ1) is 16.7. The molecule has 0 N–H and O–H groups in total. The Bertz CT molecular complexity index is 359. The van der Waals surface area contributed by atoms with Gasteiger partial charge in [0.1, 0.15) is 5.75 Å². The minimum Gasteiger partial charge on any atom is -0.426 e. The first-order valence-electron chi connectivity index (χ1n) is 8.00. The molecule has 1 unspecified atom stereocenters. The van der Waals surface area contributed by atoms with Crippen LogP contribution in [0, 0.1) is 5.92 Å². The molecular weight excluding hydrogens is 248 g/mol. The Labute approximate surface area is 123 Å². The van der Waals surface area contributed by atoms with Crippen LogP contribution >= 0.6 is 0 Å². The lowest BCUT2D eigenvalue weighted by molar-refractivity contribution is -0.138. The van der Waals surface area contributed by atoms with Gasteiger partial charge in [0.05, 0.1) is 5.92 Å². The molecule has 0 saturated heterocycles. The van der Waals surface area contributed by atoms with E-state index >= 15 is 0 Å². The molecule has 0 aliphatic rings. The number of para-hydroxylation sites is 1. The van der Waals surface area contributed by atoms with Crippen molar-refractivity contribution < 1.29 is 9.53 Å². The van der Waals surface area contributed by atoms with Crippen LogP contribution in [0.1, 0.15) is 65.2 Å². The van der Waals surface area contributed by atoms with Crippen molar-refractivity contribution in [3.63, 3.8) is 0 Å². The highest BCUT2D eigenvalue weighted by Gasteiger charge is 2.14. The van der Waals surface area contributed by atoms with Crippen LogP contribution in [0.5, 0.6) is 5.75 Å². The lowest BCUT2D eigenvalue weighted by Crippen LogP contribution is -2.17. The summed E-state index contributed by atoms with van der Waals surface area (Å²) in [5.41, 5.74) is 0. The molecule has 0 amide bonds. The third-order valence-corrected chi connectivity index (χ3v) is 3.60. The monoisotopic (exact) mass is 276 g/mol. The van der Waals surface area contributed by atoms with Gasteiger partial charge in [0.15, 0.2) is 0 Å². The van der Waals surface area contributed by atoms with Crippen LogP contribution in [-0.4, -0.2) is 5.97 Å². The van der Waals surface area contributed by atoms with Gasteiger partial charge >= 0.3 is 5.97 Å². The molecule has 0 aliphatic carbocycles. The van der Waals surface area contributed by atoms with Crippen LogP contribution in [0.15, 0.2) is 30.3 Å². The van der Waals surface area contributed by atoms with E-state index in [4.69, 9.17) is 4.74 Å². The quantitative estimate of drug-likeness (QED) is 0.326. The number of unbranched alkanes of at least 4 members (excludes halogenated alkanes) is 6. The maximum Gasteiger partial charge on any atom is 0.314 e. The van der Waals surface area contributed by atoms with Crippen LogP contribution in [0.3, 0.4) is 0 Å². The number of benzene rings is 1. The van der Waals surface area contributed by atoms with Gasteiger partial charge in [-0.05, 0) is 18.6 Å². The third kappa shape index (κ3) is 7.32. The highest BCUT2D eigenvalue weighted by atomic mass is 16.5. The highest BCUT2D eigenvalue weighted by molar-refractivity contribution is 5.74. The number of ether oxygens (including phenoxy) is 1. The summed E-state index contributed by atoms with van der Waals surface area (Å²) in [6, 6.07) is 9.31. The summed E-state index contributed by atoms with van der Waals surface area (Å²) in [7, 11) is 0. The molecule has 0 heterocycles. The van der Waals surface area contributed by atoms with Gasteiger partial charge in [-0.25, -0.2) is 0 Å². The molecule has 1 aromatic carbocycles. The zero-order chi connectivity index (χ0) is 14.6. The molecule has 1 aromatic rings. The SMILES string of the molecule is CCCCCCCCCC(C)C(=O)Oc1ccccc1. The Morgan fingerprint density at radius 1 is 1.00 bits per heavy atom. The van der Waals surface area contributed by atoms with Crippen molar-refractivity contribution >= 4 is 5.97 Å². The van der Waals surface area contributed by atoms with E-state index < -0.39 is 0 Å². The average molecular weight is 276 g/mol. The van der Waals surface area contributed by atoms with Crippen molar-refractivity contribution in [2.75, 3.05) is 0 Å². The summed E-state index contributed by atoms with van der Waals surface area (Å²) in [6.45, 7) is 4.20. The van der Waals surface area contributed by atoms with Gasteiger partial charge < -0.3 is 4.74 Å². The number of hydrogen-bond acceptors (Lipinski definition) is 2. The van der Waals surface area contributed by atoms with Crippen LogP contribution in [0.2, 0.25) is 0 Å². The van der Waals surface area contributed by atoms with Crippen LogP contribution in [0.25, 0.3) is 0 Å². The van der Waals surface area contributed by atoms with Crippen LogP contribution in [-0.2, 0) is 4.79 Å². The second kappa shape index (κ2) is 10.5. The maximum atomic E-state index is 11.9. The smallest absolute Gasteiger partial charge is 0.314 e. The lowest BCUT2D eigenvalue weighted by atomic mass is 10.0. The van der Waals surface area contributed by atoms with Gasteiger partial charge in [0.25, 0.3) is 0 Å². The molecule has 112 valence electrons. The Morgan fingerprint density at radius 2 is 1.60 bits per heavy atom. The molecule has 0 aliphatic heterocycles. The summed E-state index contributed by atoms with van der Waals surface area (Å²) in [5.74, 6) is 0.525. The van der Waals surface area contributed by atoms with E-state index in [1.807, 2.05) is 37.3 Å². The summed E-state index contributed by atoms with van der Waals surface area (Å²) in [5, 5.41) is 0. The molecule has 1 atom stereocenters. The van der Waals surface area contributed by atoms with E-state index in [1.54, 1.807) is 0 Å². The Kier molecular flexibility index (Phi) is 8.77. The van der Waals surface area contributed by atoms with Gasteiger partial charge in [-0.15, -0.1) is 0 Å². The van der Waals surface area contributed by atoms with Gasteiger partial charge in [-0.2, -0.15) is 0 Å². The summed E-state index contributed by atoms with van der Waals surface area (Å²) in [6.07, 6.45) is 9.89. The molecule has 0 aromatic heterocycles. The molecule has 0 radical (unpaired) electrons. The molecular formula is C18H28O2. The first-order chi connectivity index (χ1) is 9.74. The molecule has 0 spiro atoms. The topological polar surface area (TPSA) is 26.3 Å². The van der Waals surface area contributed by atoms with Gasteiger partial charge in [0, 0.05) is 0 Å². The number of carbonyl (C=O) groups excluding carboxylic acids is 1. The molecule has 0 saturated carbocycles. The zero-order valence-electron chi connectivity index (χ0n) is 12.9. The minimum absolute atomic E-state index is 0.00847.